The summed E-state index contributed by atoms with van der Waals surface area (Å²) in [5.74, 6) is 0. The maximum Gasteiger partial charge on any atom is 0.417 e. The van der Waals surface area contributed by atoms with Crippen molar-refractivity contribution in [3.63, 3.8) is 0 Å². The van der Waals surface area contributed by atoms with Crippen LogP contribution >= 0.6 is 0 Å². The molecule has 2 saturated heterocycles. The number of fused-ring (bicyclic) bond motifs is 2. The molecule has 2 atom stereocenters. The maximum atomic E-state index is 12.8. The SMILES string of the molecule is OC1(c2ccc(C(F)(F)F)cn2)CC2CCCC(C1)N2Cc1ccccc1. The lowest BCUT2D eigenvalue weighted by atomic mass is 9.73. The summed E-state index contributed by atoms with van der Waals surface area (Å²) in [6.07, 6.45) is 0.544. The van der Waals surface area contributed by atoms with Gasteiger partial charge in [0.05, 0.1) is 11.3 Å². The zero-order valence-electron chi connectivity index (χ0n) is 15.0. The molecule has 0 spiro atoms. The van der Waals surface area contributed by atoms with Crippen molar-refractivity contribution in [1.82, 2.24) is 9.88 Å². The van der Waals surface area contributed by atoms with Crippen LogP contribution in [0.15, 0.2) is 48.7 Å². The summed E-state index contributed by atoms with van der Waals surface area (Å²) < 4.78 is 38.4. The van der Waals surface area contributed by atoms with Gasteiger partial charge in [0.2, 0.25) is 0 Å². The number of halogens is 3. The third-order valence-corrected chi connectivity index (χ3v) is 5.93. The minimum Gasteiger partial charge on any atom is -0.383 e. The lowest BCUT2D eigenvalue weighted by Crippen LogP contribution is -2.56. The van der Waals surface area contributed by atoms with Crippen LogP contribution < -0.4 is 0 Å². The predicted molar refractivity (Wildman–Crippen MR) is 95.8 cm³/mol. The third kappa shape index (κ3) is 3.73. The molecule has 4 rings (SSSR count). The van der Waals surface area contributed by atoms with Crippen molar-refractivity contribution in [2.45, 2.75) is 62.5 Å². The molecule has 0 aliphatic carbocycles. The first kappa shape index (κ1) is 18.4. The van der Waals surface area contributed by atoms with E-state index >= 15 is 0 Å². The fourth-order valence-corrected chi connectivity index (χ4v) is 4.62. The first-order valence-corrected chi connectivity index (χ1v) is 9.41. The molecule has 2 fully saturated rings. The van der Waals surface area contributed by atoms with E-state index in [1.165, 1.54) is 11.6 Å². The number of hydrogen-bond acceptors (Lipinski definition) is 3. The highest BCUT2D eigenvalue weighted by Gasteiger charge is 2.47. The van der Waals surface area contributed by atoms with Gasteiger partial charge < -0.3 is 5.11 Å². The highest BCUT2D eigenvalue weighted by Crippen LogP contribution is 2.44. The van der Waals surface area contributed by atoms with E-state index in [9.17, 15) is 18.3 Å². The third-order valence-electron chi connectivity index (χ3n) is 5.93. The lowest BCUT2D eigenvalue weighted by molar-refractivity contribution is -0.138. The van der Waals surface area contributed by atoms with Crippen LogP contribution in [0, 0.1) is 0 Å². The average Bonchev–Trinajstić information content (AvgIpc) is 2.63. The van der Waals surface area contributed by atoms with Crippen molar-refractivity contribution in [2.75, 3.05) is 0 Å². The van der Waals surface area contributed by atoms with Crippen LogP contribution in [0.3, 0.4) is 0 Å². The Morgan fingerprint density at radius 1 is 1.04 bits per heavy atom. The topological polar surface area (TPSA) is 36.4 Å². The van der Waals surface area contributed by atoms with Crippen molar-refractivity contribution in [3.05, 3.63) is 65.5 Å². The fourth-order valence-electron chi connectivity index (χ4n) is 4.62. The van der Waals surface area contributed by atoms with Crippen LogP contribution in [-0.2, 0) is 18.3 Å². The molecular formula is C21H23F3N2O. The molecule has 2 unspecified atom stereocenters. The number of nitrogens with zero attached hydrogens (tertiary/aromatic N) is 2. The van der Waals surface area contributed by atoms with E-state index < -0.39 is 17.3 Å². The quantitative estimate of drug-likeness (QED) is 0.857. The van der Waals surface area contributed by atoms with E-state index in [2.05, 4.69) is 22.0 Å². The summed E-state index contributed by atoms with van der Waals surface area (Å²) in [5.41, 5.74) is -0.344. The van der Waals surface area contributed by atoms with Gasteiger partial charge in [-0.05, 0) is 43.4 Å². The molecule has 3 heterocycles. The Kier molecular flexibility index (Phi) is 4.72. The summed E-state index contributed by atoms with van der Waals surface area (Å²) >= 11 is 0. The van der Waals surface area contributed by atoms with Gasteiger partial charge in [0.1, 0.15) is 5.60 Å². The summed E-state index contributed by atoms with van der Waals surface area (Å²) in [6, 6.07) is 13.0. The zero-order valence-corrected chi connectivity index (χ0v) is 15.0. The van der Waals surface area contributed by atoms with Crippen LogP contribution in [0.4, 0.5) is 13.2 Å². The van der Waals surface area contributed by atoms with Crippen LogP contribution in [0.5, 0.6) is 0 Å². The molecule has 0 amide bonds. The van der Waals surface area contributed by atoms with Crippen molar-refractivity contribution >= 4 is 0 Å². The van der Waals surface area contributed by atoms with Crippen molar-refractivity contribution in [1.29, 1.82) is 0 Å². The largest absolute Gasteiger partial charge is 0.417 e. The van der Waals surface area contributed by atoms with Gasteiger partial charge in [0.15, 0.2) is 0 Å². The number of hydrogen-bond donors (Lipinski definition) is 1. The van der Waals surface area contributed by atoms with Gasteiger partial charge in [0.25, 0.3) is 0 Å². The molecule has 0 radical (unpaired) electrons. The highest BCUT2D eigenvalue weighted by atomic mass is 19.4. The van der Waals surface area contributed by atoms with E-state index in [1.807, 2.05) is 18.2 Å². The minimum atomic E-state index is -4.41. The number of aliphatic hydroxyl groups is 1. The van der Waals surface area contributed by atoms with E-state index in [4.69, 9.17) is 0 Å². The molecule has 1 aromatic carbocycles. The number of pyridine rings is 1. The Balaban J connectivity index is 1.55. The van der Waals surface area contributed by atoms with Crippen LogP contribution in [0.1, 0.15) is 48.9 Å². The fraction of sp³-hybridized carbons (Fsp3) is 0.476. The second kappa shape index (κ2) is 6.91. The van der Waals surface area contributed by atoms with E-state index in [-0.39, 0.29) is 12.1 Å². The first-order chi connectivity index (χ1) is 12.9. The van der Waals surface area contributed by atoms with Gasteiger partial charge in [-0.1, -0.05) is 36.8 Å². The molecule has 2 aromatic rings. The Bertz CT molecular complexity index is 762. The summed E-state index contributed by atoms with van der Waals surface area (Å²) in [4.78, 5) is 6.44. The molecule has 0 saturated carbocycles. The Hall–Kier alpha value is -1.92. The van der Waals surface area contributed by atoms with Crippen molar-refractivity contribution in [3.8, 4) is 0 Å². The maximum absolute atomic E-state index is 12.8. The molecule has 6 heteroatoms. The molecule has 2 aliphatic rings. The number of piperidine rings is 2. The highest BCUT2D eigenvalue weighted by molar-refractivity contribution is 5.23. The van der Waals surface area contributed by atoms with Crippen molar-refractivity contribution < 1.29 is 18.3 Å². The van der Waals surface area contributed by atoms with Crippen LogP contribution in [-0.4, -0.2) is 27.1 Å². The van der Waals surface area contributed by atoms with Gasteiger partial charge >= 0.3 is 6.18 Å². The smallest absolute Gasteiger partial charge is 0.383 e. The van der Waals surface area contributed by atoms with E-state index in [0.717, 1.165) is 38.1 Å². The van der Waals surface area contributed by atoms with Crippen LogP contribution in [0.25, 0.3) is 0 Å². The lowest BCUT2D eigenvalue weighted by Gasteiger charge is -2.52. The predicted octanol–water partition coefficient (Wildman–Crippen LogP) is 4.51. The second-order valence-corrected chi connectivity index (χ2v) is 7.77. The monoisotopic (exact) mass is 376 g/mol. The van der Waals surface area contributed by atoms with Crippen molar-refractivity contribution in [2.24, 2.45) is 0 Å². The summed E-state index contributed by atoms with van der Waals surface area (Å²) in [7, 11) is 0. The Labute approximate surface area is 156 Å². The number of benzene rings is 1. The molecule has 1 N–H and O–H groups in total. The summed E-state index contributed by atoms with van der Waals surface area (Å²) in [6.45, 7) is 0.840. The summed E-state index contributed by atoms with van der Waals surface area (Å²) in [5, 5.41) is 11.3. The van der Waals surface area contributed by atoms with Crippen LogP contribution in [0.2, 0.25) is 0 Å². The normalized spacial score (nSPS) is 28.9. The standard InChI is InChI=1S/C21H23F3N2O/c22-21(23,24)16-9-10-19(25-13-16)20(27)11-17-7-4-8-18(12-20)26(17)14-15-5-2-1-3-6-15/h1-3,5-6,9-10,13,17-18,27H,4,7-8,11-12,14H2. The van der Waals surface area contributed by atoms with Gasteiger partial charge in [-0.2, -0.15) is 13.2 Å². The zero-order chi connectivity index (χ0) is 19.1. The van der Waals surface area contributed by atoms with Gasteiger partial charge in [0, 0.05) is 24.8 Å². The van der Waals surface area contributed by atoms with Gasteiger partial charge in [-0.15, -0.1) is 0 Å². The van der Waals surface area contributed by atoms with E-state index in [0.29, 0.717) is 18.5 Å². The second-order valence-electron chi connectivity index (χ2n) is 7.77. The molecule has 27 heavy (non-hydrogen) atoms. The molecule has 144 valence electrons. The first-order valence-electron chi connectivity index (χ1n) is 9.41. The molecular weight excluding hydrogens is 353 g/mol. The molecule has 3 nitrogen and oxygen atoms in total. The number of rotatable bonds is 3. The van der Waals surface area contributed by atoms with Gasteiger partial charge in [-0.3, -0.25) is 9.88 Å². The molecule has 1 aromatic heterocycles. The molecule has 2 aliphatic heterocycles. The average molecular weight is 376 g/mol. The number of aromatic nitrogens is 1. The Morgan fingerprint density at radius 3 is 2.26 bits per heavy atom. The molecule has 2 bridgehead atoms. The minimum absolute atomic E-state index is 0.215. The number of alkyl halides is 3. The Morgan fingerprint density at radius 2 is 1.70 bits per heavy atom. The van der Waals surface area contributed by atoms with E-state index in [1.54, 1.807) is 0 Å². The van der Waals surface area contributed by atoms with Gasteiger partial charge in [-0.25, -0.2) is 0 Å².